The molecule has 0 radical (unpaired) electrons. The van der Waals surface area contributed by atoms with E-state index in [1.807, 2.05) is 31.2 Å². The molecule has 27 heavy (non-hydrogen) atoms. The SMILES string of the molecule is Cc1cccc(Cl)c1NC(=O)c1cnc(Nc2nc(Cl)nn3cccc23)s1. The van der Waals surface area contributed by atoms with Crippen LogP contribution in [0.5, 0.6) is 0 Å². The van der Waals surface area contributed by atoms with Gasteiger partial charge in [0.25, 0.3) is 5.91 Å². The third kappa shape index (κ3) is 3.59. The molecule has 3 heterocycles. The third-order valence-corrected chi connectivity index (χ3v) is 5.17. The van der Waals surface area contributed by atoms with Gasteiger partial charge in [-0.25, -0.2) is 9.50 Å². The lowest BCUT2D eigenvalue weighted by atomic mass is 10.2. The van der Waals surface area contributed by atoms with Crippen molar-refractivity contribution in [1.29, 1.82) is 0 Å². The van der Waals surface area contributed by atoms with Crippen molar-refractivity contribution in [2.75, 3.05) is 10.6 Å². The molecule has 0 atom stereocenters. The lowest BCUT2D eigenvalue weighted by Gasteiger charge is -2.08. The number of aromatic nitrogens is 4. The van der Waals surface area contributed by atoms with Crippen LogP contribution in [0.4, 0.5) is 16.6 Å². The number of rotatable bonds is 4. The van der Waals surface area contributed by atoms with Gasteiger partial charge in [-0.1, -0.05) is 35.1 Å². The van der Waals surface area contributed by atoms with Crippen LogP contribution in [0.2, 0.25) is 10.3 Å². The van der Waals surface area contributed by atoms with Crippen LogP contribution in [0, 0.1) is 6.92 Å². The fourth-order valence-corrected chi connectivity index (χ4v) is 3.65. The first-order chi connectivity index (χ1) is 13.0. The maximum Gasteiger partial charge on any atom is 0.267 e. The van der Waals surface area contributed by atoms with E-state index in [-0.39, 0.29) is 11.2 Å². The fraction of sp³-hybridized carbons (Fsp3) is 0.0588. The molecule has 0 saturated heterocycles. The second kappa shape index (κ2) is 7.15. The average molecular weight is 419 g/mol. The summed E-state index contributed by atoms with van der Waals surface area (Å²) in [5, 5.41) is 11.1. The minimum Gasteiger partial charge on any atom is -0.320 e. The van der Waals surface area contributed by atoms with Crippen molar-refractivity contribution in [3.05, 3.63) is 63.5 Å². The van der Waals surface area contributed by atoms with Gasteiger partial charge in [0.2, 0.25) is 5.28 Å². The van der Waals surface area contributed by atoms with Gasteiger partial charge < -0.3 is 10.6 Å². The summed E-state index contributed by atoms with van der Waals surface area (Å²) in [6.45, 7) is 1.88. The molecule has 0 saturated carbocycles. The molecule has 0 aliphatic heterocycles. The number of benzene rings is 1. The van der Waals surface area contributed by atoms with Crippen molar-refractivity contribution in [2.45, 2.75) is 6.92 Å². The minimum atomic E-state index is -0.287. The monoisotopic (exact) mass is 418 g/mol. The zero-order valence-electron chi connectivity index (χ0n) is 13.9. The van der Waals surface area contributed by atoms with Gasteiger partial charge in [-0.05, 0) is 42.3 Å². The number of aryl methyl sites for hydroxylation is 1. The molecule has 3 aromatic heterocycles. The molecular weight excluding hydrogens is 407 g/mol. The quantitative estimate of drug-likeness (QED) is 0.497. The lowest BCUT2D eigenvalue weighted by molar-refractivity contribution is 0.103. The summed E-state index contributed by atoms with van der Waals surface area (Å²) in [4.78, 5) is 21.4. The Morgan fingerprint density at radius 2 is 2.07 bits per heavy atom. The standard InChI is InChI=1S/C17H12Cl2N6OS/c1-9-4-2-5-10(18)13(9)21-15(26)12-8-20-17(27-12)23-14-11-6-3-7-25(11)24-16(19)22-14/h2-8H,1H3,(H,21,26)(H,20,22,23,24). The third-order valence-electron chi connectivity index (χ3n) is 3.78. The van der Waals surface area contributed by atoms with E-state index in [0.29, 0.717) is 26.5 Å². The number of halogens is 2. The Labute approximate surface area is 168 Å². The van der Waals surface area contributed by atoms with Crippen molar-refractivity contribution < 1.29 is 4.79 Å². The van der Waals surface area contributed by atoms with Crippen LogP contribution in [-0.2, 0) is 0 Å². The highest BCUT2D eigenvalue weighted by Gasteiger charge is 2.15. The normalized spacial score (nSPS) is 10.9. The highest BCUT2D eigenvalue weighted by Crippen LogP contribution is 2.28. The largest absolute Gasteiger partial charge is 0.320 e. The first kappa shape index (κ1) is 17.7. The van der Waals surface area contributed by atoms with E-state index in [9.17, 15) is 4.79 Å². The van der Waals surface area contributed by atoms with Crippen molar-refractivity contribution in [3.8, 4) is 0 Å². The average Bonchev–Trinajstić information content (AvgIpc) is 3.27. The predicted octanol–water partition coefficient (Wildman–Crippen LogP) is 4.80. The molecule has 4 aromatic rings. The number of carbonyl (C=O) groups is 1. The molecule has 0 aliphatic carbocycles. The Kier molecular flexibility index (Phi) is 4.69. The Morgan fingerprint density at radius 1 is 1.22 bits per heavy atom. The summed E-state index contributed by atoms with van der Waals surface area (Å²) in [5.41, 5.74) is 2.21. The molecule has 7 nitrogen and oxygen atoms in total. The Balaban J connectivity index is 1.56. The van der Waals surface area contributed by atoms with Crippen molar-refractivity contribution in [3.63, 3.8) is 0 Å². The van der Waals surface area contributed by atoms with Gasteiger partial charge in [-0.15, -0.1) is 5.10 Å². The number of anilines is 3. The number of amides is 1. The number of fused-ring (bicyclic) bond motifs is 1. The van der Waals surface area contributed by atoms with Crippen LogP contribution in [0.15, 0.2) is 42.7 Å². The van der Waals surface area contributed by atoms with Gasteiger partial charge in [0, 0.05) is 6.20 Å². The molecular formula is C17H12Cl2N6OS. The second-order valence-electron chi connectivity index (χ2n) is 5.61. The lowest BCUT2D eigenvalue weighted by Crippen LogP contribution is -2.11. The van der Waals surface area contributed by atoms with Gasteiger partial charge in [0.15, 0.2) is 10.9 Å². The molecule has 0 aliphatic rings. The molecule has 1 aromatic carbocycles. The van der Waals surface area contributed by atoms with Crippen LogP contribution in [-0.4, -0.2) is 25.5 Å². The van der Waals surface area contributed by atoms with Crippen LogP contribution in [0.1, 0.15) is 15.2 Å². The minimum absolute atomic E-state index is 0.102. The first-order valence-electron chi connectivity index (χ1n) is 7.81. The number of nitrogens with one attached hydrogen (secondary N) is 2. The van der Waals surface area contributed by atoms with E-state index in [0.717, 1.165) is 11.1 Å². The number of para-hydroxylation sites is 1. The Hall–Kier alpha value is -2.68. The van der Waals surface area contributed by atoms with E-state index in [4.69, 9.17) is 23.2 Å². The van der Waals surface area contributed by atoms with Gasteiger partial charge >= 0.3 is 0 Å². The maximum absolute atomic E-state index is 12.5. The summed E-state index contributed by atoms with van der Waals surface area (Å²) >= 11 is 13.3. The highest BCUT2D eigenvalue weighted by molar-refractivity contribution is 7.17. The molecule has 0 bridgehead atoms. The van der Waals surface area contributed by atoms with Crippen molar-refractivity contribution in [1.82, 2.24) is 19.6 Å². The summed E-state index contributed by atoms with van der Waals surface area (Å²) in [6, 6.07) is 9.11. The molecule has 1 amide bonds. The topological polar surface area (TPSA) is 84.2 Å². The molecule has 0 spiro atoms. The fourth-order valence-electron chi connectivity index (χ4n) is 2.50. The van der Waals surface area contributed by atoms with Crippen LogP contribution in [0.25, 0.3) is 5.52 Å². The molecule has 0 fully saturated rings. The highest BCUT2D eigenvalue weighted by atomic mass is 35.5. The zero-order valence-corrected chi connectivity index (χ0v) is 16.2. The smallest absolute Gasteiger partial charge is 0.267 e. The number of thiazole rings is 1. The predicted molar refractivity (Wildman–Crippen MR) is 108 cm³/mol. The van der Waals surface area contributed by atoms with Gasteiger partial charge in [-0.2, -0.15) is 4.98 Å². The number of carbonyl (C=O) groups excluding carboxylic acids is 1. The number of nitrogens with zero attached hydrogens (tertiary/aromatic N) is 4. The van der Waals surface area contributed by atoms with Gasteiger partial charge in [-0.3, -0.25) is 4.79 Å². The molecule has 0 unspecified atom stereocenters. The molecule has 2 N–H and O–H groups in total. The summed E-state index contributed by atoms with van der Waals surface area (Å²) in [6.07, 6.45) is 3.26. The van der Waals surface area contributed by atoms with Gasteiger partial charge in [0.05, 0.1) is 16.9 Å². The summed E-state index contributed by atoms with van der Waals surface area (Å²) in [7, 11) is 0. The first-order valence-corrected chi connectivity index (χ1v) is 9.39. The summed E-state index contributed by atoms with van der Waals surface area (Å²) < 4.78 is 1.61. The van der Waals surface area contributed by atoms with Crippen LogP contribution < -0.4 is 10.6 Å². The van der Waals surface area contributed by atoms with E-state index < -0.39 is 0 Å². The Morgan fingerprint density at radius 3 is 2.89 bits per heavy atom. The van der Waals surface area contributed by atoms with E-state index >= 15 is 0 Å². The van der Waals surface area contributed by atoms with Crippen molar-refractivity contribution >= 4 is 62.6 Å². The Bertz CT molecular complexity index is 1140. The molecule has 4 rings (SSSR count). The van der Waals surface area contributed by atoms with Gasteiger partial charge in [0.1, 0.15) is 10.4 Å². The van der Waals surface area contributed by atoms with Crippen LogP contribution >= 0.6 is 34.5 Å². The number of hydrogen-bond donors (Lipinski definition) is 2. The number of hydrogen-bond acceptors (Lipinski definition) is 6. The summed E-state index contributed by atoms with van der Waals surface area (Å²) in [5.74, 6) is 0.216. The molecule has 136 valence electrons. The van der Waals surface area contributed by atoms with Crippen LogP contribution in [0.3, 0.4) is 0 Å². The zero-order chi connectivity index (χ0) is 19.0. The van der Waals surface area contributed by atoms with Crippen molar-refractivity contribution in [2.24, 2.45) is 0 Å². The molecule has 10 heteroatoms. The van der Waals surface area contributed by atoms with E-state index in [2.05, 4.69) is 25.7 Å². The van der Waals surface area contributed by atoms with E-state index in [1.165, 1.54) is 17.5 Å². The van der Waals surface area contributed by atoms with E-state index in [1.54, 1.807) is 16.8 Å². The maximum atomic E-state index is 12.5. The second-order valence-corrected chi connectivity index (χ2v) is 7.38.